The Morgan fingerprint density at radius 1 is 1.11 bits per heavy atom. The second-order valence-electron chi connectivity index (χ2n) is 8.39. The van der Waals surface area contributed by atoms with Gasteiger partial charge in [0.05, 0.1) is 0 Å². The van der Waals surface area contributed by atoms with Gasteiger partial charge in [-0.2, -0.15) is 0 Å². The molecular formula is C22H24BrNO4. The first-order valence-electron chi connectivity index (χ1n) is 9.33. The number of benzene rings is 2. The van der Waals surface area contributed by atoms with Crippen molar-refractivity contribution in [2.24, 2.45) is 11.8 Å². The number of hydrogen-bond acceptors (Lipinski definition) is 4. The summed E-state index contributed by atoms with van der Waals surface area (Å²) in [6.45, 7) is 7.44. The molecule has 1 saturated heterocycles. The first-order chi connectivity index (χ1) is 13.0. The number of piperidine rings is 1. The second kappa shape index (κ2) is 7.66. The number of ether oxygens (including phenoxy) is 1. The molecule has 6 heteroatoms. The van der Waals surface area contributed by atoms with Crippen molar-refractivity contribution in [2.45, 2.75) is 39.7 Å². The van der Waals surface area contributed by atoms with Crippen LogP contribution in [0.4, 0.5) is 4.79 Å². The van der Waals surface area contributed by atoms with Crippen LogP contribution in [0.3, 0.4) is 0 Å². The molecule has 0 unspecified atom stereocenters. The number of imide groups is 1. The Hall–Kier alpha value is -2.21. The molecule has 1 fully saturated rings. The summed E-state index contributed by atoms with van der Waals surface area (Å²) in [6.07, 6.45) is -0.266. The molecular weight excluding hydrogens is 422 g/mol. The van der Waals surface area contributed by atoms with Crippen molar-refractivity contribution in [1.29, 1.82) is 0 Å². The molecule has 28 heavy (non-hydrogen) atoms. The summed E-state index contributed by atoms with van der Waals surface area (Å²) in [5.74, 6) is -1.59. The zero-order valence-corrected chi connectivity index (χ0v) is 18.1. The van der Waals surface area contributed by atoms with Gasteiger partial charge in [0, 0.05) is 16.6 Å². The van der Waals surface area contributed by atoms with Crippen LogP contribution in [0.2, 0.25) is 0 Å². The van der Waals surface area contributed by atoms with Crippen molar-refractivity contribution >= 4 is 44.5 Å². The van der Waals surface area contributed by atoms with Crippen LogP contribution < -0.4 is 0 Å². The molecule has 0 saturated carbocycles. The van der Waals surface area contributed by atoms with Crippen LogP contribution in [-0.4, -0.2) is 34.8 Å². The van der Waals surface area contributed by atoms with E-state index >= 15 is 0 Å². The van der Waals surface area contributed by atoms with E-state index in [-0.39, 0.29) is 18.2 Å². The molecule has 3 rings (SSSR count). The summed E-state index contributed by atoms with van der Waals surface area (Å²) < 4.78 is 6.27. The number of Topliss-reactive ketones (excluding diaryl/α,β-unsaturated/α-hetero) is 1. The average Bonchev–Trinajstić information content (AvgIpc) is 2.60. The number of halogens is 1. The molecule has 0 spiro atoms. The summed E-state index contributed by atoms with van der Waals surface area (Å²) in [4.78, 5) is 39.6. The number of likely N-dealkylation sites (tertiary alicyclic amines) is 1. The standard InChI is InChI=1S/C22H24BrNO4/c1-13-9-18(20(26)24(12-13)21(27)28-22(2,3)4)19(25)15-6-5-14-7-8-17(23)11-16(14)10-15/h5-8,10-11,13,18H,9,12H2,1-4H3/t13-,18-/m0/s1. The Kier molecular flexibility index (Phi) is 5.62. The largest absolute Gasteiger partial charge is 0.443 e. The summed E-state index contributed by atoms with van der Waals surface area (Å²) >= 11 is 3.44. The molecule has 148 valence electrons. The van der Waals surface area contributed by atoms with E-state index in [1.54, 1.807) is 32.9 Å². The maximum atomic E-state index is 13.1. The third-order valence-electron chi connectivity index (χ3n) is 4.71. The Labute approximate surface area is 173 Å². The third kappa shape index (κ3) is 4.43. The van der Waals surface area contributed by atoms with E-state index in [0.717, 1.165) is 20.1 Å². The quantitative estimate of drug-likeness (QED) is 0.470. The minimum atomic E-state index is -0.874. The average molecular weight is 446 g/mol. The third-order valence-corrected chi connectivity index (χ3v) is 5.21. The minimum Gasteiger partial charge on any atom is -0.443 e. The van der Waals surface area contributed by atoms with E-state index < -0.39 is 23.5 Å². The van der Waals surface area contributed by atoms with Gasteiger partial charge in [-0.15, -0.1) is 0 Å². The van der Waals surface area contributed by atoms with E-state index in [0.29, 0.717) is 12.0 Å². The maximum absolute atomic E-state index is 13.1. The van der Waals surface area contributed by atoms with E-state index in [4.69, 9.17) is 4.74 Å². The topological polar surface area (TPSA) is 63.7 Å². The van der Waals surface area contributed by atoms with Gasteiger partial charge < -0.3 is 4.74 Å². The first-order valence-corrected chi connectivity index (χ1v) is 10.1. The molecule has 1 heterocycles. The Morgan fingerprint density at radius 2 is 1.79 bits per heavy atom. The molecule has 5 nitrogen and oxygen atoms in total. The van der Waals surface area contributed by atoms with Gasteiger partial charge in [-0.25, -0.2) is 9.69 Å². The van der Waals surface area contributed by atoms with Gasteiger partial charge in [0.15, 0.2) is 5.78 Å². The van der Waals surface area contributed by atoms with Gasteiger partial charge in [0.2, 0.25) is 5.91 Å². The summed E-state index contributed by atoms with van der Waals surface area (Å²) in [5.41, 5.74) is -0.231. The highest BCUT2D eigenvalue weighted by atomic mass is 79.9. The highest BCUT2D eigenvalue weighted by Crippen LogP contribution is 2.29. The van der Waals surface area contributed by atoms with Gasteiger partial charge in [-0.3, -0.25) is 9.59 Å². The normalized spacial score (nSPS) is 20.3. The molecule has 0 radical (unpaired) electrons. The maximum Gasteiger partial charge on any atom is 0.417 e. The van der Waals surface area contributed by atoms with Crippen LogP contribution in [0, 0.1) is 11.8 Å². The van der Waals surface area contributed by atoms with Crippen LogP contribution in [0.15, 0.2) is 40.9 Å². The number of carbonyl (C=O) groups is 3. The van der Waals surface area contributed by atoms with Crippen LogP contribution in [0.25, 0.3) is 10.8 Å². The molecule has 0 bridgehead atoms. The van der Waals surface area contributed by atoms with E-state index in [1.807, 2.05) is 31.2 Å². The fraction of sp³-hybridized carbons (Fsp3) is 0.409. The highest BCUT2D eigenvalue weighted by Gasteiger charge is 2.41. The van der Waals surface area contributed by atoms with Crippen molar-refractivity contribution in [3.63, 3.8) is 0 Å². The molecule has 0 aromatic heterocycles. The lowest BCUT2D eigenvalue weighted by atomic mass is 9.84. The smallest absolute Gasteiger partial charge is 0.417 e. The number of nitrogens with zero attached hydrogens (tertiary/aromatic N) is 1. The predicted octanol–water partition coefficient (Wildman–Crippen LogP) is 5.20. The number of carbonyl (C=O) groups excluding carboxylic acids is 3. The minimum absolute atomic E-state index is 0.0220. The number of amides is 2. The zero-order valence-electron chi connectivity index (χ0n) is 16.5. The van der Waals surface area contributed by atoms with Crippen molar-refractivity contribution in [3.05, 3.63) is 46.4 Å². The van der Waals surface area contributed by atoms with Crippen LogP contribution in [0.1, 0.15) is 44.5 Å². The lowest BCUT2D eigenvalue weighted by molar-refractivity contribution is -0.136. The van der Waals surface area contributed by atoms with Crippen molar-refractivity contribution in [1.82, 2.24) is 4.90 Å². The Balaban J connectivity index is 1.88. The summed E-state index contributed by atoms with van der Waals surface area (Å²) in [6, 6.07) is 11.2. The highest BCUT2D eigenvalue weighted by molar-refractivity contribution is 9.10. The molecule has 2 aromatic carbocycles. The van der Waals surface area contributed by atoms with Gasteiger partial charge >= 0.3 is 6.09 Å². The van der Waals surface area contributed by atoms with E-state index in [9.17, 15) is 14.4 Å². The zero-order chi connectivity index (χ0) is 20.6. The van der Waals surface area contributed by atoms with Gasteiger partial charge in [0.1, 0.15) is 11.5 Å². The molecule has 2 amide bonds. The van der Waals surface area contributed by atoms with Gasteiger partial charge in [-0.1, -0.05) is 41.1 Å². The molecule has 0 aliphatic carbocycles. The summed E-state index contributed by atoms with van der Waals surface area (Å²) in [5, 5.41) is 1.93. The molecule has 2 aromatic rings. The van der Waals surface area contributed by atoms with E-state index in [2.05, 4.69) is 15.9 Å². The number of fused-ring (bicyclic) bond motifs is 1. The van der Waals surface area contributed by atoms with Crippen molar-refractivity contribution in [2.75, 3.05) is 6.54 Å². The molecule has 1 aliphatic rings. The Bertz CT molecular complexity index is 947. The Morgan fingerprint density at radius 3 is 2.46 bits per heavy atom. The monoisotopic (exact) mass is 445 g/mol. The van der Waals surface area contributed by atoms with Crippen LogP contribution in [0.5, 0.6) is 0 Å². The number of rotatable bonds is 2. The fourth-order valence-corrected chi connectivity index (χ4v) is 3.82. The molecule has 2 atom stereocenters. The van der Waals surface area contributed by atoms with Gasteiger partial charge in [0.25, 0.3) is 0 Å². The van der Waals surface area contributed by atoms with E-state index in [1.165, 1.54) is 0 Å². The van der Waals surface area contributed by atoms with Gasteiger partial charge in [-0.05, 0) is 62.1 Å². The number of hydrogen-bond donors (Lipinski definition) is 0. The lowest BCUT2D eigenvalue weighted by Crippen LogP contribution is -2.51. The summed E-state index contributed by atoms with van der Waals surface area (Å²) in [7, 11) is 0. The second-order valence-corrected chi connectivity index (χ2v) is 9.31. The lowest BCUT2D eigenvalue weighted by Gasteiger charge is -2.35. The SMILES string of the molecule is C[C@H]1C[C@@H](C(=O)c2ccc3ccc(Br)cc3c2)C(=O)N(C(=O)OC(C)(C)C)C1. The fourth-order valence-electron chi connectivity index (χ4n) is 3.44. The van der Waals surface area contributed by atoms with Crippen LogP contribution in [-0.2, 0) is 9.53 Å². The van der Waals surface area contributed by atoms with Crippen molar-refractivity contribution < 1.29 is 19.1 Å². The van der Waals surface area contributed by atoms with Crippen LogP contribution >= 0.6 is 15.9 Å². The first kappa shape index (κ1) is 20.5. The molecule has 1 aliphatic heterocycles. The molecule has 0 N–H and O–H groups in total. The number of ketones is 1. The van der Waals surface area contributed by atoms with Crippen molar-refractivity contribution in [3.8, 4) is 0 Å². The predicted molar refractivity (Wildman–Crippen MR) is 111 cm³/mol.